The van der Waals surface area contributed by atoms with Crippen molar-refractivity contribution in [2.75, 3.05) is 11.1 Å². The van der Waals surface area contributed by atoms with Crippen molar-refractivity contribution >= 4 is 11.5 Å². The molecular weight excluding hydrogens is 192 g/mol. The van der Waals surface area contributed by atoms with Crippen LogP contribution in [-0.2, 0) is 6.54 Å². The Morgan fingerprint density at radius 1 is 1.20 bits per heavy atom. The molecule has 6 nitrogen and oxygen atoms in total. The van der Waals surface area contributed by atoms with Crippen molar-refractivity contribution in [2.24, 2.45) is 0 Å². The van der Waals surface area contributed by atoms with E-state index in [0.717, 1.165) is 5.69 Å². The highest BCUT2D eigenvalue weighted by molar-refractivity contribution is 5.58. The lowest BCUT2D eigenvalue weighted by Crippen LogP contribution is -2.06. The minimum Gasteiger partial charge on any atom is -0.394 e. The smallest absolute Gasteiger partial charge is 0.152 e. The summed E-state index contributed by atoms with van der Waals surface area (Å²) in [6.07, 6.45) is 6.18. The minimum absolute atomic E-state index is 0.520. The van der Waals surface area contributed by atoms with Crippen molar-refractivity contribution in [1.29, 1.82) is 0 Å². The van der Waals surface area contributed by atoms with Crippen LogP contribution in [0.1, 0.15) is 5.69 Å². The molecule has 0 saturated carbocycles. The van der Waals surface area contributed by atoms with Crippen LogP contribution in [0.3, 0.4) is 0 Å². The largest absolute Gasteiger partial charge is 0.394 e. The molecule has 2 rings (SSSR count). The molecule has 0 aromatic carbocycles. The molecule has 0 saturated heterocycles. The van der Waals surface area contributed by atoms with Crippen LogP contribution in [0.4, 0.5) is 11.5 Å². The molecule has 3 N–H and O–H groups in total. The minimum atomic E-state index is 0.520. The van der Waals surface area contributed by atoms with Gasteiger partial charge in [-0.3, -0.25) is 0 Å². The van der Waals surface area contributed by atoms with Crippen LogP contribution in [0.5, 0.6) is 0 Å². The Kier molecular flexibility index (Phi) is 2.68. The first-order chi connectivity index (χ1) is 7.36. The first-order valence-corrected chi connectivity index (χ1v) is 4.40. The Labute approximate surface area is 86.6 Å². The van der Waals surface area contributed by atoms with Crippen LogP contribution in [0.2, 0.25) is 0 Å². The highest BCUT2D eigenvalue weighted by Gasteiger charge is 1.99. The maximum atomic E-state index is 5.66. The fourth-order valence-corrected chi connectivity index (χ4v) is 1.09. The zero-order valence-corrected chi connectivity index (χ0v) is 7.96. The van der Waals surface area contributed by atoms with Gasteiger partial charge in [-0.05, 0) is 6.07 Å². The molecule has 0 spiro atoms. The van der Waals surface area contributed by atoms with E-state index in [4.69, 9.17) is 5.73 Å². The van der Waals surface area contributed by atoms with Gasteiger partial charge in [-0.2, -0.15) is 0 Å². The summed E-state index contributed by atoms with van der Waals surface area (Å²) < 4.78 is 0. The SMILES string of the molecule is Nc1cncnc1NCc1ccncn1. The van der Waals surface area contributed by atoms with Gasteiger partial charge >= 0.3 is 0 Å². The van der Waals surface area contributed by atoms with Gasteiger partial charge in [-0.1, -0.05) is 0 Å². The number of anilines is 2. The van der Waals surface area contributed by atoms with E-state index >= 15 is 0 Å². The molecule has 0 aliphatic rings. The lowest BCUT2D eigenvalue weighted by molar-refractivity contribution is 0.992. The van der Waals surface area contributed by atoms with Crippen LogP contribution >= 0.6 is 0 Å². The maximum Gasteiger partial charge on any atom is 0.152 e. The van der Waals surface area contributed by atoms with Crippen molar-refractivity contribution in [2.45, 2.75) is 6.54 Å². The summed E-state index contributed by atoms with van der Waals surface area (Å²) in [6, 6.07) is 1.82. The lowest BCUT2D eigenvalue weighted by Gasteiger charge is -2.05. The first-order valence-electron chi connectivity index (χ1n) is 4.40. The first kappa shape index (κ1) is 9.32. The highest BCUT2D eigenvalue weighted by Crippen LogP contribution is 2.11. The molecule has 0 amide bonds. The second kappa shape index (κ2) is 4.32. The molecule has 2 heterocycles. The molecule has 76 valence electrons. The second-order valence-corrected chi connectivity index (χ2v) is 2.88. The van der Waals surface area contributed by atoms with Gasteiger partial charge in [0.15, 0.2) is 5.82 Å². The molecular formula is C9H10N6. The molecule has 2 aromatic heterocycles. The molecule has 0 radical (unpaired) electrons. The monoisotopic (exact) mass is 202 g/mol. The topological polar surface area (TPSA) is 89.6 Å². The Bertz CT molecular complexity index is 430. The Balaban J connectivity index is 2.03. The third kappa shape index (κ3) is 2.37. The summed E-state index contributed by atoms with van der Waals surface area (Å²) in [5, 5.41) is 3.06. The fourth-order valence-electron chi connectivity index (χ4n) is 1.09. The summed E-state index contributed by atoms with van der Waals surface area (Å²) in [6.45, 7) is 0.559. The molecule has 6 heteroatoms. The van der Waals surface area contributed by atoms with Crippen LogP contribution in [0, 0.1) is 0 Å². The average Bonchev–Trinajstić information content (AvgIpc) is 2.29. The molecule has 0 aliphatic carbocycles. The van der Waals surface area contributed by atoms with Gasteiger partial charge < -0.3 is 11.1 Å². The number of hydrogen-bond acceptors (Lipinski definition) is 6. The zero-order chi connectivity index (χ0) is 10.5. The number of aromatic nitrogens is 4. The number of nitrogens with zero attached hydrogens (tertiary/aromatic N) is 4. The summed E-state index contributed by atoms with van der Waals surface area (Å²) in [5.74, 6) is 0.614. The van der Waals surface area contributed by atoms with E-state index < -0.39 is 0 Å². The second-order valence-electron chi connectivity index (χ2n) is 2.88. The van der Waals surface area contributed by atoms with E-state index in [0.29, 0.717) is 18.1 Å². The van der Waals surface area contributed by atoms with Crippen molar-refractivity contribution in [3.05, 3.63) is 36.8 Å². The van der Waals surface area contributed by atoms with E-state index in [1.165, 1.54) is 12.7 Å². The van der Waals surface area contributed by atoms with E-state index in [9.17, 15) is 0 Å². The Morgan fingerprint density at radius 3 is 2.80 bits per heavy atom. The van der Waals surface area contributed by atoms with E-state index in [-0.39, 0.29) is 0 Å². The molecule has 0 bridgehead atoms. The Hall–Kier alpha value is -2.24. The zero-order valence-electron chi connectivity index (χ0n) is 7.96. The maximum absolute atomic E-state index is 5.66. The van der Waals surface area contributed by atoms with Crippen LogP contribution < -0.4 is 11.1 Å². The third-order valence-electron chi connectivity index (χ3n) is 1.82. The van der Waals surface area contributed by atoms with Gasteiger partial charge in [0.25, 0.3) is 0 Å². The molecule has 2 aromatic rings. The molecule has 0 fully saturated rings. The van der Waals surface area contributed by atoms with Gasteiger partial charge in [-0.25, -0.2) is 19.9 Å². The summed E-state index contributed by atoms with van der Waals surface area (Å²) in [4.78, 5) is 15.7. The predicted octanol–water partition coefficient (Wildman–Crippen LogP) is 0.461. The van der Waals surface area contributed by atoms with Gasteiger partial charge in [0.05, 0.1) is 24.1 Å². The lowest BCUT2D eigenvalue weighted by atomic mass is 10.4. The van der Waals surface area contributed by atoms with Crippen LogP contribution in [-0.4, -0.2) is 19.9 Å². The van der Waals surface area contributed by atoms with Gasteiger partial charge in [0.1, 0.15) is 12.7 Å². The highest BCUT2D eigenvalue weighted by atomic mass is 15.0. The number of nitrogens with two attached hydrogens (primary N) is 1. The van der Waals surface area contributed by atoms with Gasteiger partial charge in [0.2, 0.25) is 0 Å². The normalized spacial score (nSPS) is 9.87. The summed E-state index contributed by atoms with van der Waals surface area (Å²) >= 11 is 0. The van der Waals surface area contributed by atoms with E-state index in [1.54, 1.807) is 12.4 Å². The summed E-state index contributed by atoms with van der Waals surface area (Å²) in [5.41, 5.74) is 7.06. The van der Waals surface area contributed by atoms with Crippen molar-refractivity contribution in [1.82, 2.24) is 19.9 Å². The van der Waals surface area contributed by atoms with E-state index in [1.807, 2.05) is 6.07 Å². The molecule has 15 heavy (non-hydrogen) atoms. The quantitative estimate of drug-likeness (QED) is 0.751. The van der Waals surface area contributed by atoms with Crippen LogP contribution in [0.25, 0.3) is 0 Å². The number of rotatable bonds is 3. The number of nitrogens with one attached hydrogen (secondary N) is 1. The van der Waals surface area contributed by atoms with Crippen molar-refractivity contribution < 1.29 is 0 Å². The fraction of sp³-hybridized carbons (Fsp3) is 0.111. The summed E-state index contributed by atoms with van der Waals surface area (Å²) in [7, 11) is 0. The van der Waals surface area contributed by atoms with Gasteiger partial charge in [-0.15, -0.1) is 0 Å². The standard InChI is InChI=1S/C9H10N6/c10-8-4-12-6-15-9(8)13-3-7-1-2-11-5-14-7/h1-2,4-6H,3,10H2,(H,12,13,15). The van der Waals surface area contributed by atoms with Crippen LogP contribution in [0.15, 0.2) is 31.1 Å². The Morgan fingerprint density at radius 2 is 2.07 bits per heavy atom. The van der Waals surface area contributed by atoms with Crippen molar-refractivity contribution in [3.8, 4) is 0 Å². The molecule has 0 unspecified atom stereocenters. The number of hydrogen-bond donors (Lipinski definition) is 2. The number of nitrogen functional groups attached to an aromatic ring is 1. The predicted molar refractivity (Wildman–Crippen MR) is 55.8 cm³/mol. The van der Waals surface area contributed by atoms with Crippen molar-refractivity contribution in [3.63, 3.8) is 0 Å². The third-order valence-corrected chi connectivity index (χ3v) is 1.82. The molecule has 0 atom stereocenters. The average molecular weight is 202 g/mol. The molecule has 0 aliphatic heterocycles. The van der Waals surface area contributed by atoms with E-state index in [2.05, 4.69) is 25.3 Å². The van der Waals surface area contributed by atoms with Gasteiger partial charge in [0, 0.05) is 6.20 Å².